The lowest BCUT2D eigenvalue weighted by molar-refractivity contribution is -0.137. The van der Waals surface area contributed by atoms with Crippen molar-refractivity contribution < 1.29 is 4.79 Å². The Morgan fingerprint density at radius 3 is 2.60 bits per heavy atom. The van der Waals surface area contributed by atoms with Crippen LogP contribution >= 0.6 is 0 Å². The van der Waals surface area contributed by atoms with Crippen LogP contribution in [0.25, 0.3) is 0 Å². The minimum atomic E-state index is -0.297. The van der Waals surface area contributed by atoms with Gasteiger partial charge in [0.25, 0.3) is 0 Å². The largest absolute Gasteiger partial charge is 0.339 e. The van der Waals surface area contributed by atoms with E-state index in [0.29, 0.717) is 11.9 Å². The molecule has 1 N–H and O–H groups in total. The summed E-state index contributed by atoms with van der Waals surface area (Å²) in [5.74, 6) is 0.344. The van der Waals surface area contributed by atoms with Crippen LogP contribution in [0.2, 0.25) is 0 Å². The standard InChI is InChI=1S/C16H29N3O/c1-16(8-3-4-9-17-16)15(20)19-12-7-14(13-19)18-10-5-2-6-11-18/h14,17H,2-13H2,1H3. The fourth-order valence-electron chi connectivity index (χ4n) is 4.10. The molecule has 3 fully saturated rings. The van der Waals surface area contributed by atoms with E-state index in [9.17, 15) is 4.79 Å². The van der Waals surface area contributed by atoms with Crippen molar-refractivity contribution in [3.05, 3.63) is 0 Å². The first kappa shape index (κ1) is 14.3. The van der Waals surface area contributed by atoms with Crippen molar-refractivity contribution in [3.63, 3.8) is 0 Å². The Morgan fingerprint density at radius 2 is 1.90 bits per heavy atom. The van der Waals surface area contributed by atoms with Gasteiger partial charge in [-0.3, -0.25) is 9.69 Å². The molecule has 1 amide bonds. The van der Waals surface area contributed by atoms with Gasteiger partial charge in [-0.2, -0.15) is 0 Å². The number of hydrogen-bond donors (Lipinski definition) is 1. The quantitative estimate of drug-likeness (QED) is 0.834. The van der Waals surface area contributed by atoms with Gasteiger partial charge < -0.3 is 10.2 Å². The number of nitrogens with one attached hydrogen (secondary N) is 1. The van der Waals surface area contributed by atoms with Gasteiger partial charge in [-0.25, -0.2) is 0 Å². The molecule has 3 aliphatic heterocycles. The normalized spacial score (nSPS) is 36.2. The molecule has 20 heavy (non-hydrogen) atoms. The van der Waals surface area contributed by atoms with Crippen molar-refractivity contribution in [2.45, 2.75) is 63.5 Å². The summed E-state index contributed by atoms with van der Waals surface area (Å²) in [6.07, 6.45) is 8.61. The molecule has 3 aliphatic rings. The van der Waals surface area contributed by atoms with Crippen LogP contribution in [-0.2, 0) is 4.79 Å². The van der Waals surface area contributed by atoms with Crippen molar-refractivity contribution in [1.82, 2.24) is 15.1 Å². The van der Waals surface area contributed by atoms with Crippen LogP contribution < -0.4 is 5.32 Å². The predicted octanol–water partition coefficient (Wildman–Crippen LogP) is 1.61. The summed E-state index contributed by atoms with van der Waals surface area (Å²) in [7, 11) is 0. The molecular formula is C16H29N3O. The van der Waals surface area contributed by atoms with Gasteiger partial charge in [0.2, 0.25) is 5.91 Å². The summed E-state index contributed by atoms with van der Waals surface area (Å²) >= 11 is 0. The zero-order valence-electron chi connectivity index (χ0n) is 12.9. The summed E-state index contributed by atoms with van der Waals surface area (Å²) in [5.41, 5.74) is -0.297. The van der Waals surface area contributed by atoms with Gasteiger partial charge >= 0.3 is 0 Å². The average Bonchev–Trinajstić information content (AvgIpc) is 2.98. The first-order chi connectivity index (χ1) is 9.69. The van der Waals surface area contributed by atoms with Crippen LogP contribution in [0.1, 0.15) is 51.9 Å². The Labute approximate surface area is 122 Å². The van der Waals surface area contributed by atoms with E-state index in [1.165, 1.54) is 51.6 Å². The lowest BCUT2D eigenvalue weighted by Crippen LogP contribution is -2.58. The second-order valence-electron chi connectivity index (χ2n) is 7.01. The number of carbonyl (C=O) groups excluding carboxylic acids is 1. The van der Waals surface area contributed by atoms with E-state index in [1.54, 1.807) is 0 Å². The lowest BCUT2D eigenvalue weighted by Gasteiger charge is -2.37. The zero-order valence-corrected chi connectivity index (χ0v) is 12.9. The van der Waals surface area contributed by atoms with Crippen LogP contribution in [0.4, 0.5) is 0 Å². The predicted molar refractivity (Wildman–Crippen MR) is 80.7 cm³/mol. The summed E-state index contributed by atoms with van der Waals surface area (Å²) in [4.78, 5) is 17.5. The third-order valence-electron chi connectivity index (χ3n) is 5.45. The summed E-state index contributed by atoms with van der Waals surface area (Å²) < 4.78 is 0. The number of amides is 1. The molecule has 4 nitrogen and oxygen atoms in total. The monoisotopic (exact) mass is 279 g/mol. The molecule has 0 saturated carbocycles. The van der Waals surface area contributed by atoms with Crippen LogP contribution in [0.3, 0.4) is 0 Å². The molecule has 114 valence electrons. The highest BCUT2D eigenvalue weighted by Gasteiger charge is 2.40. The van der Waals surface area contributed by atoms with E-state index in [0.717, 1.165) is 26.1 Å². The number of hydrogen-bond acceptors (Lipinski definition) is 3. The van der Waals surface area contributed by atoms with Crippen LogP contribution in [0.5, 0.6) is 0 Å². The fraction of sp³-hybridized carbons (Fsp3) is 0.938. The van der Waals surface area contributed by atoms with Gasteiger partial charge in [0.1, 0.15) is 0 Å². The molecule has 2 atom stereocenters. The number of carbonyl (C=O) groups is 1. The van der Waals surface area contributed by atoms with Gasteiger partial charge in [-0.05, 0) is 65.1 Å². The Balaban J connectivity index is 1.57. The molecule has 0 bridgehead atoms. The van der Waals surface area contributed by atoms with Crippen molar-refractivity contribution in [2.75, 3.05) is 32.7 Å². The lowest BCUT2D eigenvalue weighted by atomic mass is 9.89. The first-order valence-electron chi connectivity index (χ1n) is 8.47. The van der Waals surface area contributed by atoms with E-state index < -0.39 is 0 Å². The maximum absolute atomic E-state index is 12.8. The zero-order chi connectivity index (χ0) is 14.0. The van der Waals surface area contributed by atoms with Crippen molar-refractivity contribution in [2.24, 2.45) is 0 Å². The smallest absolute Gasteiger partial charge is 0.242 e. The molecule has 3 heterocycles. The fourth-order valence-corrected chi connectivity index (χ4v) is 4.10. The van der Waals surface area contributed by atoms with Gasteiger partial charge in [-0.1, -0.05) is 6.42 Å². The molecule has 0 aromatic heterocycles. The highest BCUT2D eigenvalue weighted by Crippen LogP contribution is 2.26. The molecule has 4 heteroatoms. The van der Waals surface area contributed by atoms with Gasteiger partial charge in [0.15, 0.2) is 0 Å². The Morgan fingerprint density at radius 1 is 1.10 bits per heavy atom. The molecule has 0 aromatic carbocycles. The molecular weight excluding hydrogens is 250 g/mol. The minimum Gasteiger partial charge on any atom is -0.339 e. The maximum atomic E-state index is 12.8. The highest BCUT2D eigenvalue weighted by molar-refractivity contribution is 5.86. The van der Waals surface area contributed by atoms with Crippen molar-refractivity contribution >= 4 is 5.91 Å². The first-order valence-corrected chi connectivity index (χ1v) is 8.47. The van der Waals surface area contributed by atoms with E-state index in [-0.39, 0.29) is 5.54 Å². The molecule has 0 aliphatic carbocycles. The van der Waals surface area contributed by atoms with Crippen molar-refractivity contribution in [3.8, 4) is 0 Å². The average molecular weight is 279 g/mol. The van der Waals surface area contributed by atoms with Gasteiger partial charge in [0.05, 0.1) is 5.54 Å². The van der Waals surface area contributed by atoms with E-state index in [2.05, 4.69) is 22.0 Å². The molecule has 0 spiro atoms. The van der Waals surface area contributed by atoms with Crippen LogP contribution in [0, 0.1) is 0 Å². The minimum absolute atomic E-state index is 0.297. The Kier molecular flexibility index (Phi) is 4.32. The molecule has 0 radical (unpaired) electrons. The maximum Gasteiger partial charge on any atom is 0.242 e. The van der Waals surface area contributed by atoms with Crippen LogP contribution in [-0.4, -0.2) is 60.0 Å². The number of nitrogens with zero attached hydrogens (tertiary/aromatic N) is 2. The van der Waals surface area contributed by atoms with Gasteiger partial charge in [0, 0.05) is 19.1 Å². The molecule has 2 unspecified atom stereocenters. The summed E-state index contributed by atoms with van der Waals surface area (Å²) in [6, 6.07) is 0.617. The molecule has 3 rings (SSSR count). The number of piperidine rings is 2. The summed E-state index contributed by atoms with van der Waals surface area (Å²) in [5, 5.41) is 3.46. The van der Waals surface area contributed by atoms with Gasteiger partial charge in [-0.15, -0.1) is 0 Å². The van der Waals surface area contributed by atoms with Crippen molar-refractivity contribution in [1.29, 1.82) is 0 Å². The van der Waals surface area contributed by atoms with E-state index in [1.807, 2.05) is 0 Å². The van der Waals surface area contributed by atoms with E-state index in [4.69, 9.17) is 0 Å². The second-order valence-corrected chi connectivity index (χ2v) is 7.01. The molecule has 3 saturated heterocycles. The molecule has 0 aromatic rings. The number of rotatable bonds is 2. The third kappa shape index (κ3) is 2.86. The summed E-state index contributed by atoms with van der Waals surface area (Å²) in [6.45, 7) is 7.48. The Bertz CT molecular complexity index is 346. The Hall–Kier alpha value is -0.610. The SMILES string of the molecule is CC1(C(=O)N2CCC(N3CCCCC3)C2)CCCCN1. The number of likely N-dealkylation sites (tertiary alicyclic amines) is 2. The van der Waals surface area contributed by atoms with Crippen LogP contribution in [0.15, 0.2) is 0 Å². The topological polar surface area (TPSA) is 35.6 Å². The van der Waals surface area contributed by atoms with E-state index >= 15 is 0 Å². The third-order valence-corrected chi connectivity index (χ3v) is 5.45. The second kappa shape index (κ2) is 6.02. The highest BCUT2D eigenvalue weighted by atomic mass is 16.2.